The van der Waals surface area contributed by atoms with E-state index in [9.17, 15) is 0 Å². The lowest BCUT2D eigenvalue weighted by Crippen LogP contribution is -2.02. The van der Waals surface area contributed by atoms with Crippen LogP contribution >= 0.6 is 0 Å². The van der Waals surface area contributed by atoms with Crippen molar-refractivity contribution >= 4 is 0 Å². The molecule has 7 heteroatoms. The Morgan fingerprint density at radius 2 is 2.35 bits per heavy atom. The van der Waals surface area contributed by atoms with Crippen molar-refractivity contribution in [2.45, 2.75) is 32.7 Å². The van der Waals surface area contributed by atoms with Crippen LogP contribution in [0.1, 0.15) is 30.8 Å². The van der Waals surface area contributed by atoms with Crippen molar-refractivity contribution in [3.63, 3.8) is 0 Å². The Morgan fingerprint density at radius 3 is 3.06 bits per heavy atom. The molecule has 2 heterocycles. The molecule has 92 valence electrons. The second kappa shape index (κ2) is 5.53. The van der Waals surface area contributed by atoms with E-state index in [1.807, 2.05) is 13.1 Å². The quantitative estimate of drug-likeness (QED) is 0.767. The predicted molar refractivity (Wildman–Crippen MR) is 60.2 cm³/mol. The van der Waals surface area contributed by atoms with Crippen molar-refractivity contribution in [2.75, 3.05) is 6.54 Å². The van der Waals surface area contributed by atoms with Crippen LogP contribution in [0, 0.1) is 0 Å². The van der Waals surface area contributed by atoms with Crippen molar-refractivity contribution in [2.24, 2.45) is 5.73 Å². The first-order valence-corrected chi connectivity index (χ1v) is 5.72. The number of aryl methyl sites for hydroxylation is 2. The molecule has 2 aromatic rings. The van der Waals surface area contributed by atoms with Crippen LogP contribution in [0.25, 0.3) is 0 Å². The fourth-order valence-corrected chi connectivity index (χ4v) is 1.46. The summed E-state index contributed by atoms with van der Waals surface area (Å²) in [5.74, 6) is 1.26. The third-order valence-electron chi connectivity index (χ3n) is 2.34. The zero-order chi connectivity index (χ0) is 12.1. The highest BCUT2D eigenvalue weighted by Crippen LogP contribution is 2.02. The van der Waals surface area contributed by atoms with Crippen LogP contribution in [0.5, 0.6) is 0 Å². The molecule has 0 aliphatic heterocycles. The average molecular weight is 236 g/mol. The predicted octanol–water partition coefficient (Wildman–Crippen LogP) is 0.163. The van der Waals surface area contributed by atoms with Crippen LogP contribution in [-0.2, 0) is 19.4 Å². The number of hydrogen-bond donors (Lipinski definition) is 1. The van der Waals surface area contributed by atoms with Gasteiger partial charge < -0.3 is 10.3 Å². The summed E-state index contributed by atoms with van der Waals surface area (Å²) in [5, 5.41) is 11.9. The van der Waals surface area contributed by atoms with E-state index >= 15 is 0 Å². The van der Waals surface area contributed by atoms with Crippen LogP contribution in [-0.4, -0.2) is 31.7 Å². The topological polar surface area (TPSA) is 95.7 Å². The summed E-state index contributed by atoms with van der Waals surface area (Å²) < 4.78 is 6.72. The number of hydrogen-bond acceptors (Lipinski definition) is 6. The van der Waals surface area contributed by atoms with E-state index in [0.29, 0.717) is 24.8 Å². The zero-order valence-corrected chi connectivity index (χ0v) is 9.83. The smallest absolute Gasteiger partial charge is 0.226 e. The first-order valence-electron chi connectivity index (χ1n) is 5.72. The van der Waals surface area contributed by atoms with Gasteiger partial charge in [0.05, 0.1) is 5.69 Å². The molecule has 0 aromatic carbocycles. The van der Waals surface area contributed by atoms with E-state index in [1.165, 1.54) is 0 Å². The monoisotopic (exact) mass is 236 g/mol. The maximum Gasteiger partial charge on any atom is 0.226 e. The Kier molecular flexibility index (Phi) is 3.81. The zero-order valence-electron chi connectivity index (χ0n) is 9.83. The van der Waals surface area contributed by atoms with Gasteiger partial charge >= 0.3 is 0 Å². The standard InChI is InChI=1S/C10H16N6O/c1-2-10-12-9(14-17-10)7-16-6-8(13-15-16)4-3-5-11/h6H,2-5,7,11H2,1H3. The Bertz CT molecular complexity index is 463. The second-order valence-corrected chi connectivity index (χ2v) is 3.76. The van der Waals surface area contributed by atoms with E-state index in [0.717, 1.165) is 25.0 Å². The lowest BCUT2D eigenvalue weighted by Gasteiger charge is -1.93. The van der Waals surface area contributed by atoms with Crippen molar-refractivity contribution in [3.05, 3.63) is 23.6 Å². The minimum absolute atomic E-state index is 0.485. The van der Waals surface area contributed by atoms with Gasteiger partial charge in [0.15, 0.2) is 5.82 Å². The van der Waals surface area contributed by atoms with E-state index < -0.39 is 0 Å². The van der Waals surface area contributed by atoms with Crippen LogP contribution < -0.4 is 5.73 Å². The number of nitrogens with two attached hydrogens (primary N) is 1. The van der Waals surface area contributed by atoms with Crippen LogP contribution in [0.2, 0.25) is 0 Å². The molecule has 0 fully saturated rings. The maximum atomic E-state index is 5.44. The molecule has 0 aliphatic carbocycles. The molecule has 0 unspecified atom stereocenters. The van der Waals surface area contributed by atoms with Crippen molar-refractivity contribution in [1.82, 2.24) is 25.1 Å². The molecule has 17 heavy (non-hydrogen) atoms. The Morgan fingerprint density at radius 1 is 1.47 bits per heavy atom. The molecule has 2 rings (SSSR count). The molecule has 0 bridgehead atoms. The summed E-state index contributed by atoms with van der Waals surface area (Å²) in [5.41, 5.74) is 6.38. The van der Waals surface area contributed by atoms with Crippen LogP contribution in [0.15, 0.2) is 10.7 Å². The highest BCUT2D eigenvalue weighted by Gasteiger charge is 2.07. The van der Waals surface area contributed by atoms with Gasteiger partial charge in [-0.1, -0.05) is 17.3 Å². The summed E-state index contributed by atoms with van der Waals surface area (Å²) in [6, 6.07) is 0. The third-order valence-corrected chi connectivity index (χ3v) is 2.34. The summed E-state index contributed by atoms with van der Waals surface area (Å²) in [4.78, 5) is 4.21. The highest BCUT2D eigenvalue weighted by molar-refractivity contribution is 4.94. The van der Waals surface area contributed by atoms with Gasteiger partial charge in [-0.05, 0) is 19.4 Å². The molecule has 0 atom stereocenters. The molecule has 0 aliphatic rings. The van der Waals surface area contributed by atoms with Crippen molar-refractivity contribution < 1.29 is 4.52 Å². The SMILES string of the molecule is CCc1nc(Cn2cc(CCCN)nn2)no1. The first kappa shape index (κ1) is 11.7. The molecule has 0 saturated heterocycles. The first-order chi connectivity index (χ1) is 8.31. The fourth-order valence-electron chi connectivity index (χ4n) is 1.46. The Labute approximate surface area is 99.0 Å². The molecular weight excluding hydrogens is 220 g/mol. The van der Waals surface area contributed by atoms with Gasteiger partial charge in [0, 0.05) is 12.6 Å². The van der Waals surface area contributed by atoms with Crippen molar-refractivity contribution in [3.8, 4) is 0 Å². The molecule has 0 radical (unpaired) electrons. The number of nitrogens with zero attached hydrogens (tertiary/aromatic N) is 5. The lowest BCUT2D eigenvalue weighted by atomic mass is 10.2. The molecule has 0 amide bonds. The summed E-state index contributed by atoms with van der Waals surface area (Å²) >= 11 is 0. The number of aromatic nitrogens is 5. The van der Waals surface area contributed by atoms with Gasteiger partial charge in [-0.3, -0.25) is 0 Å². The summed E-state index contributed by atoms with van der Waals surface area (Å²) in [7, 11) is 0. The molecule has 2 N–H and O–H groups in total. The molecule has 2 aromatic heterocycles. The van der Waals surface area contributed by atoms with Gasteiger partial charge in [0.2, 0.25) is 5.89 Å². The molecular formula is C10H16N6O. The highest BCUT2D eigenvalue weighted by atomic mass is 16.5. The molecule has 0 saturated carbocycles. The Balaban J connectivity index is 1.96. The van der Waals surface area contributed by atoms with Gasteiger partial charge in [-0.2, -0.15) is 4.98 Å². The van der Waals surface area contributed by atoms with E-state index in [2.05, 4.69) is 20.5 Å². The lowest BCUT2D eigenvalue weighted by molar-refractivity contribution is 0.374. The minimum Gasteiger partial charge on any atom is -0.339 e. The second-order valence-electron chi connectivity index (χ2n) is 3.76. The average Bonchev–Trinajstić information content (AvgIpc) is 2.96. The van der Waals surface area contributed by atoms with Gasteiger partial charge in [-0.15, -0.1) is 5.10 Å². The maximum absolute atomic E-state index is 5.44. The Hall–Kier alpha value is -1.76. The van der Waals surface area contributed by atoms with Gasteiger partial charge in [-0.25, -0.2) is 4.68 Å². The molecule has 7 nitrogen and oxygen atoms in total. The normalized spacial score (nSPS) is 10.9. The van der Waals surface area contributed by atoms with E-state index in [-0.39, 0.29) is 0 Å². The van der Waals surface area contributed by atoms with Crippen molar-refractivity contribution in [1.29, 1.82) is 0 Å². The largest absolute Gasteiger partial charge is 0.339 e. The molecule has 0 spiro atoms. The van der Waals surface area contributed by atoms with Gasteiger partial charge in [0.25, 0.3) is 0 Å². The third kappa shape index (κ3) is 3.10. The van der Waals surface area contributed by atoms with Crippen LogP contribution in [0.3, 0.4) is 0 Å². The fraction of sp³-hybridized carbons (Fsp3) is 0.600. The van der Waals surface area contributed by atoms with E-state index in [1.54, 1.807) is 4.68 Å². The minimum atomic E-state index is 0.485. The van der Waals surface area contributed by atoms with E-state index in [4.69, 9.17) is 10.3 Å². The van der Waals surface area contributed by atoms with Crippen LogP contribution in [0.4, 0.5) is 0 Å². The van der Waals surface area contributed by atoms with Gasteiger partial charge in [0.1, 0.15) is 6.54 Å². The summed E-state index contributed by atoms with van der Waals surface area (Å²) in [6.07, 6.45) is 4.40. The summed E-state index contributed by atoms with van der Waals surface area (Å²) in [6.45, 7) is 3.12. The number of rotatable bonds is 6.